The van der Waals surface area contributed by atoms with Crippen LogP contribution in [0.3, 0.4) is 0 Å². The minimum Gasteiger partial charge on any atom is -0.363 e. The van der Waals surface area contributed by atoms with E-state index in [1.165, 1.54) is 26.0 Å². The molecule has 122 valence electrons. The van der Waals surface area contributed by atoms with Gasteiger partial charge in [-0.2, -0.15) is 0 Å². The molecule has 0 saturated heterocycles. The van der Waals surface area contributed by atoms with E-state index in [1.54, 1.807) is 6.92 Å². The molecule has 3 atom stereocenters. The third-order valence-electron chi connectivity index (χ3n) is 2.84. The van der Waals surface area contributed by atoms with E-state index in [0.717, 1.165) is 6.08 Å². The molecular weight excluding hydrogens is 304 g/mol. The first-order valence-corrected chi connectivity index (χ1v) is 7.17. The molecule has 21 heavy (non-hydrogen) atoms. The molecule has 0 aromatic rings. The van der Waals surface area contributed by atoms with E-state index in [2.05, 4.69) is 12.6 Å². The molecule has 0 aliphatic carbocycles. The van der Waals surface area contributed by atoms with Crippen LogP contribution in [0.1, 0.15) is 27.2 Å². The third-order valence-corrected chi connectivity index (χ3v) is 3.18. The lowest BCUT2D eigenvalue weighted by molar-refractivity contribution is 0.134. The molecule has 0 amide bonds. The third kappa shape index (κ3) is 9.74. The second-order valence-corrected chi connectivity index (χ2v) is 5.32. The fraction of sp³-hybridized carbons (Fsp3) is 0.600. The summed E-state index contributed by atoms with van der Waals surface area (Å²) in [5.74, 6) is -1.95. The molecule has 0 N–H and O–H groups in total. The maximum Gasteiger partial charge on any atom is 0.108 e. The van der Waals surface area contributed by atoms with Gasteiger partial charge in [-0.05, 0) is 31.6 Å². The zero-order valence-electron chi connectivity index (χ0n) is 12.5. The number of allylic oxidation sites excluding steroid dienone is 4. The Morgan fingerprint density at radius 2 is 1.86 bits per heavy atom. The van der Waals surface area contributed by atoms with Crippen molar-refractivity contribution in [2.45, 2.75) is 38.8 Å². The maximum absolute atomic E-state index is 13.5. The van der Waals surface area contributed by atoms with Gasteiger partial charge in [-0.1, -0.05) is 13.0 Å². The second kappa shape index (κ2) is 10.9. The molecule has 6 heteroatoms. The van der Waals surface area contributed by atoms with Gasteiger partial charge in [-0.15, -0.1) is 12.6 Å². The van der Waals surface area contributed by atoms with E-state index in [4.69, 9.17) is 4.74 Å². The van der Waals surface area contributed by atoms with Crippen LogP contribution in [0.5, 0.6) is 0 Å². The number of alkyl halides is 2. The van der Waals surface area contributed by atoms with Crippen molar-refractivity contribution in [1.29, 1.82) is 0 Å². The molecule has 0 aromatic carbocycles. The van der Waals surface area contributed by atoms with Gasteiger partial charge in [0.05, 0.1) is 6.61 Å². The topological polar surface area (TPSA) is 9.23 Å². The lowest BCUT2D eigenvalue weighted by Crippen LogP contribution is -2.10. The lowest BCUT2D eigenvalue weighted by atomic mass is 10.1. The Morgan fingerprint density at radius 3 is 2.38 bits per heavy atom. The smallest absolute Gasteiger partial charge is 0.108 e. The molecule has 0 bridgehead atoms. The summed E-state index contributed by atoms with van der Waals surface area (Å²) in [5.41, 5.74) is -0.297. The molecule has 0 fully saturated rings. The van der Waals surface area contributed by atoms with Crippen LogP contribution < -0.4 is 0 Å². The number of halogens is 4. The van der Waals surface area contributed by atoms with Crippen LogP contribution in [0.15, 0.2) is 35.5 Å². The summed E-state index contributed by atoms with van der Waals surface area (Å²) in [6.45, 7) is 3.49. The van der Waals surface area contributed by atoms with Crippen molar-refractivity contribution in [2.75, 3.05) is 13.3 Å². The Morgan fingerprint density at radius 1 is 1.24 bits per heavy atom. The van der Waals surface area contributed by atoms with Crippen molar-refractivity contribution in [3.8, 4) is 0 Å². The molecule has 3 unspecified atom stereocenters. The van der Waals surface area contributed by atoms with Crippen LogP contribution in [0.25, 0.3) is 0 Å². The lowest BCUT2D eigenvalue weighted by Gasteiger charge is -2.12. The average Bonchev–Trinajstić information content (AvgIpc) is 2.37. The normalized spacial score (nSPS) is 18.6. The highest BCUT2D eigenvalue weighted by atomic mass is 32.1. The Hall–Kier alpha value is -0.750. The fourth-order valence-corrected chi connectivity index (χ4v) is 1.62. The van der Waals surface area contributed by atoms with E-state index >= 15 is 0 Å². The monoisotopic (exact) mass is 326 g/mol. The van der Waals surface area contributed by atoms with Crippen molar-refractivity contribution >= 4 is 12.6 Å². The summed E-state index contributed by atoms with van der Waals surface area (Å²) in [6.07, 6.45) is 2.13. The zero-order valence-corrected chi connectivity index (χ0v) is 13.3. The SMILES string of the molecule is CC(=C/CF)/C=C(/F)CC(S)OC/C=C(/F)C(C)C(C)F. The first-order chi connectivity index (χ1) is 9.77. The largest absolute Gasteiger partial charge is 0.363 e. The van der Waals surface area contributed by atoms with Crippen LogP contribution in [0, 0.1) is 5.92 Å². The van der Waals surface area contributed by atoms with Gasteiger partial charge in [0.25, 0.3) is 0 Å². The predicted molar refractivity (Wildman–Crippen MR) is 81.2 cm³/mol. The summed E-state index contributed by atoms with van der Waals surface area (Å²) in [6, 6.07) is 0. The van der Waals surface area contributed by atoms with Gasteiger partial charge in [-0.3, -0.25) is 0 Å². The highest BCUT2D eigenvalue weighted by Crippen LogP contribution is 2.19. The summed E-state index contributed by atoms with van der Waals surface area (Å²) in [7, 11) is 0. The van der Waals surface area contributed by atoms with Gasteiger partial charge in [0.15, 0.2) is 0 Å². The molecule has 0 saturated carbocycles. The summed E-state index contributed by atoms with van der Waals surface area (Å²) < 4.78 is 56.8. The van der Waals surface area contributed by atoms with Crippen molar-refractivity contribution in [3.63, 3.8) is 0 Å². The van der Waals surface area contributed by atoms with Gasteiger partial charge >= 0.3 is 0 Å². The van der Waals surface area contributed by atoms with E-state index in [9.17, 15) is 17.6 Å². The van der Waals surface area contributed by atoms with Crippen molar-refractivity contribution in [2.24, 2.45) is 5.92 Å². The Labute approximate surface area is 129 Å². The molecule has 0 aliphatic heterocycles. The Balaban J connectivity index is 4.25. The van der Waals surface area contributed by atoms with Gasteiger partial charge in [0.1, 0.15) is 29.9 Å². The van der Waals surface area contributed by atoms with Crippen molar-refractivity contribution < 1.29 is 22.3 Å². The average molecular weight is 326 g/mol. The number of hydrogen-bond donors (Lipinski definition) is 1. The molecule has 0 heterocycles. The molecule has 1 nitrogen and oxygen atoms in total. The minimum atomic E-state index is -1.29. The summed E-state index contributed by atoms with van der Waals surface area (Å²) >= 11 is 4.02. The van der Waals surface area contributed by atoms with E-state index < -0.39 is 35.9 Å². The molecule has 0 rings (SSSR count). The van der Waals surface area contributed by atoms with Crippen molar-refractivity contribution in [1.82, 2.24) is 0 Å². The summed E-state index contributed by atoms with van der Waals surface area (Å²) in [5, 5.41) is 0. The van der Waals surface area contributed by atoms with Crippen LogP contribution in [0.4, 0.5) is 17.6 Å². The number of ether oxygens (including phenoxy) is 1. The van der Waals surface area contributed by atoms with Gasteiger partial charge < -0.3 is 4.74 Å². The van der Waals surface area contributed by atoms with Crippen LogP contribution >= 0.6 is 12.6 Å². The quantitative estimate of drug-likeness (QED) is 0.263. The fourth-order valence-electron chi connectivity index (χ4n) is 1.36. The van der Waals surface area contributed by atoms with E-state index in [1.807, 2.05) is 0 Å². The first-order valence-electron chi connectivity index (χ1n) is 6.66. The number of rotatable bonds is 9. The highest BCUT2D eigenvalue weighted by molar-refractivity contribution is 7.80. The first kappa shape index (κ1) is 20.2. The zero-order chi connectivity index (χ0) is 16.4. The van der Waals surface area contributed by atoms with Gasteiger partial charge in [-0.25, -0.2) is 17.6 Å². The standard InChI is InChI=1S/C15H22F4OS/c1-10(4-6-16)8-13(18)9-15(21)20-7-5-14(19)11(2)12(3)17/h4-5,8,11-12,15,21H,6-7,9H2,1-3H3/b10-4-,13-8+,14-5+. The Bertz CT molecular complexity index is 391. The molecule has 0 spiro atoms. The molecule has 0 aromatic heterocycles. The Kier molecular flexibility index (Phi) is 10.5. The van der Waals surface area contributed by atoms with Crippen LogP contribution in [0.2, 0.25) is 0 Å². The predicted octanol–water partition coefficient (Wildman–Crippen LogP) is 5.27. The van der Waals surface area contributed by atoms with Gasteiger partial charge in [0.2, 0.25) is 0 Å². The van der Waals surface area contributed by atoms with Crippen LogP contribution in [-0.2, 0) is 4.74 Å². The maximum atomic E-state index is 13.5. The highest BCUT2D eigenvalue weighted by Gasteiger charge is 2.15. The molecule has 0 aliphatic rings. The van der Waals surface area contributed by atoms with Crippen molar-refractivity contribution in [3.05, 3.63) is 35.5 Å². The van der Waals surface area contributed by atoms with E-state index in [-0.39, 0.29) is 13.0 Å². The molecular formula is C15H22F4OS. The summed E-state index contributed by atoms with van der Waals surface area (Å²) in [4.78, 5) is 0. The minimum absolute atomic E-state index is 0.120. The molecule has 0 radical (unpaired) electrons. The number of hydrogen-bond acceptors (Lipinski definition) is 2. The number of thiol groups is 1. The van der Waals surface area contributed by atoms with E-state index in [0.29, 0.717) is 5.57 Å². The van der Waals surface area contributed by atoms with Gasteiger partial charge in [0, 0.05) is 12.3 Å². The van der Waals surface area contributed by atoms with Crippen LogP contribution in [-0.4, -0.2) is 24.9 Å². The second-order valence-electron chi connectivity index (χ2n) is 4.74.